The van der Waals surface area contributed by atoms with E-state index >= 15 is 0 Å². The van der Waals surface area contributed by atoms with Crippen LogP contribution in [-0.2, 0) is 18.9 Å². The van der Waals surface area contributed by atoms with Crippen LogP contribution in [-0.4, -0.2) is 51.8 Å². The van der Waals surface area contributed by atoms with Crippen LogP contribution in [0.1, 0.15) is 58.8 Å². The number of hydrogen-bond acceptors (Lipinski definition) is 4. The molecule has 4 nitrogen and oxygen atoms in total. The summed E-state index contributed by atoms with van der Waals surface area (Å²) >= 11 is 0. The van der Waals surface area contributed by atoms with E-state index in [1.165, 1.54) is 44.9 Å². The van der Waals surface area contributed by atoms with Crippen molar-refractivity contribution >= 4 is 0 Å². The molecule has 2 saturated heterocycles. The molecule has 0 aromatic heterocycles. The van der Waals surface area contributed by atoms with Gasteiger partial charge < -0.3 is 18.9 Å². The maximum absolute atomic E-state index is 5.38. The van der Waals surface area contributed by atoms with E-state index < -0.39 is 0 Å². The van der Waals surface area contributed by atoms with Gasteiger partial charge in [0.15, 0.2) is 0 Å². The normalized spacial score (nSPS) is 22.6. The van der Waals surface area contributed by atoms with Crippen molar-refractivity contribution in [2.24, 2.45) is 0 Å². The average molecular weight is 302 g/mol. The molecule has 0 bridgehead atoms. The van der Waals surface area contributed by atoms with Crippen LogP contribution in [0.2, 0.25) is 0 Å². The van der Waals surface area contributed by atoms with E-state index in [0.29, 0.717) is 12.2 Å². The van der Waals surface area contributed by atoms with Gasteiger partial charge in [-0.15, -0.1) is 0 Å². The SMILES string of the molecule is CCCCCCOCC1CO1.CCCCCOCC1CO1. The highest BCUT2D eigenvalue weighted by molar-refractivity contribution is 4.67. The molecule has 0 radical (unpaired) electrons. The lowest BCUT2D eigenvalue weighted by atomic mass is 10.2. The van der Waals surface area contributed by atoms with Crippen molar-refractivity contribution in [1.29, 1.82) is 0 Å². The zero-order chi connectivity index (χ0) is 15.2. The van der Waals surface area contributed by atoms with Crippen LogP contribution >= 0.6 is 0 Å². The Labute approximate surface area is 130 Å². The third kappa shape index (κ3) is 14.5. The average Bonchev–Trinajstić information content (AvgIpc) is 3.37. The van der Waals surface area contributed by atoms with Crippen LogP contribution in [0.3, 0.4) is 0 Å². The van der Waals surface area contributed by atoms with Crippen molar-refractivity contribution in [1.82, 2.24) is 0 Å². The van der Waals surface area contributed by atoms with Crippen LogP contribution in [0.4, 0.5) is 0 Å². The Bertz CT molecular complexity index is 215. The van der Waals surface area contributed by atoms with Gasteiger partial charge in [-0.3, -0.25) is 0 Å². The van der Waals surface area contributed by atoms with Crippen LogP contribution in [0.15, 0.2) is 0 Å². The number of rotatable bonds is 13. The maximum atomic E-state index is 5.38. The fourth-order valence-electron chi connectivity index (χ4n) is 1.84. The highest BCUT2D eigenvalue weighted by atomic mass is 16.6. The molecule has 2 unspecified atom stereocenters. The molecule has 0 amide bonds. The summed E-state index contributed by atoms with van der Waals surface area (Å²) < 4.78 is 20.7. The van der Waals surface area contributed by atoms with E-state index in [9.17, 15) is 0 Å². The zero-order valence-electron chi connectivity index (χ0n) is 14.0. The third-order valence-electron chi connectivity index (χ3n) is 3.45. The molecule has 2 atom stereocenters. The van der Waals surface area contributed by atoms with Gasteiger partial charge in [0.1, 0.15) is 12.2 Å². The standard InChI is InChI=1S/C9H18O2.C8H16O2/c1-2-3-4-5-6-10-7-9-8-11-9;1-2-3-4-5-9-6-8-7-10-8/h9H,2-8H2,1H3;8H,2-7H2,1H3. The maximum Gasteiger partial charge on any atom is 0.104 e. The summed E-state index contributed by atoms with van der Waals surface area (Å²) in [5, 5.41) is 0. The Hall–Kier alpha value is -0.160. The van der Waals surface area contributed by atoms with Crippen molar-refractivity contribution in [3.63, 3.8) is 0 Å². The van der Waals surface area contributed by atoms with Gasteiger partial charge in [-0.2, -0.15) is 0 Å². The van der Waals surface area contributed by atoms with E-state index in [-0.39, 0.29) is 0 Å². The fraction of sp³-hybridized carbons (Fsp3) is 1.00. The van der Waals surface area contributed by atoms with Crippen molar-refractivity contribution in [2.45, 2.75) is 71.0 Å². The molecular formula is C17H34O4. The predicted molar refractivity (Wildman–Crippen MR) is 84.8 cm³/mol. The number of epoxide rings is 2. The van der Waals surface area contributed by atoms with E-state index in [2.05, 4.69) is 13.8 Å². The molecule has 4 heteroatoms. The third-order valence-corrected chi connectivity index (χ3v) is 3.45. The van der Waals surface area contributed by atoms with Gasteiger partial charge in [0.2, 0.25) is 0 Å². The molecule has 0 N–H and O–H groups in total. The summed E-state index contributed by atoms with van der Waals surface area (Å²) in [6.07, 6.45) is 9.76. The first kappa shape index (κ1) is 18.9. The molecule has 2 aliphatic rings. The molecular weight excluding hydrogens is 268 g/mol. The summed E-state index contributed by atoms with van der Waals surface area (Å²) in [6.45, 7) is 9.69. The van der Waals surface area contributed by atoms with Crippen LogP contribution in [0.5, 0.6) is 0 Å². The van der Waals surface area contributed by atoms with Crippen LogP contribution < -0.4 is 0 Å². The molecule has 2 heterocycles. The minimum atomic E-state index is 0.432. The van der Waals surface area contributed by atoms with Gasteiger partial charge in [-0.1, -0.05) is 46.0 Å². The molecule has 0 aromatic carbocycles. The van der Waals surface area contributed by atoms with Gasteiger partial charge in [0.05, 0.1) is 26.4 Å². The van der Waals surface area contributed by atoms with Gasteiger partial charge in [-0.25, -0.2) is 0 Å². The zero-order valence-corrected chi connectivity index (χ0v) is 14.0. The Kier molecular flexibility index (Phi) is 12.1. The summed E-state index contributed by atoms with van der Waals surface area (Å²) in [6, 6.07) is 0. The summed E-state index contributed by atoms with van der Waals surface area (Å²) in [7, 11) is 0. The van der Waals surface area contributed by atoms with Gasteiger partial charge in [-0.05, 0) is 12.8 Å². The second-order valence-corrected chi connectivity index (χ2v) is 5.83. The van der Waals surface area contributed by atoms with E-state index in [4.69, 9.17) is 18.9 Å². The Morgan fingerprint density at radius 2 is 1.14 bits per heavy atom. The van der Waals surface area contributed by atoms with Crippen molar-refractivity contribution in [3.05, 3.63) is 0 Å². The quantitative estimate of drug-likeness (QED) is 0.385. The van der Waals surface area contributed by atoms with Crippen LogP contribution in [0.25, 0.3) is 0 Å². The molecule has 126 valence electrons. The molecule has 0 aliphatic carbocycles. The number of unbranched alkanes of at least 4 members (excludes halogenated alkanes) is 5. The van der Waals surface area contributed by atoms with Crippen LogP contribution in [0, 0.1) is 0 Å². The molecule has 0 saturated carbocycles. The van der Waals surface area contributed by atoms with E-state index in [0.717, 1.165) is 39.6 Å². The van der Waals surface area contributed by atoms with Gasteiger partial charge in [0.25, 0.3) is 0 Å². The molecule has 2 aliphatic heterocycles. The molecule has 0 aromatic rings. The summed E-state index contributed by atoms with van der Waals surface area (Å²) in [5.41, 5.74) is 0. The Morgan fingerprint density at radius 3 is 1.57 bits per heavy atom. The second-order valence-electron chi connectivity index (χ2n) is 5.83. The summed E-state index contributed by atoms with van der Waals surface area (Å²) in [5.74, 6) is 0. The minimum absolute atomic E-state index is 0.432. The number of ether oxygens (including phenoxy) is 4. The molecule has 21 heavy (non-hydrogen) atoms. The fourth-order valence-corrected chi connectivity index (χ4v) is 1.84. The highest BCUT2D eigenvalue weighted by Gasteiger charge is 2.22. The molecule has 0 spiro atoms. The lowest BCUT2D eigenvalue weighted by molar-refractivity contribution is 0.113. The second kappa shape index (κ2) is 13.5. The summed E-state index contributed by atoms with van der Waals surface area (Å²) in [4.78, 5) is 0. The predicted octanol–water partition coefficient (Wildman–Crippen LogP) is 3.57. The van der Waals surface area contributed by atoms with E-state index in [1.807, 2.05) is 0 Å². The largest absolute Gasteiger partial charge is 0.379 e. The highest BCUT2D eigenvalue weighted by Crippen LogP contribution is 2.09. The molecule has 2 fully saturated rings. The van der Waals surface area contributed by atoms with E-state index in [1.54, 1.807) is 0 Å². The topological polar surface area (TPSA) is 43.5 Å². The first-order chi connectivity index (χ1) is 10.4. The van der Waals surface area contributed by atoms with Crippen molar-refractivity contribution < 1.29 is 18.9 Å². The molecule has 2 rings (SSSR count). The lowest BCUT2D eigenvalue weighted by Gasteiger charge is -2.00. The lowest BCUT2D eigenvalue weighted by Crippen LogP contribution is -2.02. The first-order valence-corrected chi connectivity index (χ1v) is 8.75. The Balaban J connectivity index is 0.000000211. The number of hydrogen-bond donors (Lipinski definition) is 0. The van der Waals surface area contributed by atoms with Crippen molar-refractivity contribution in [2.75, 3.05) is 39.6 Å². The van der Waals surface area contributed by atoms with Gasteiger partial charge >= 0.3 is 0 Å². The van der Waals surface area contributed by atoms with Gasteiger partial charge in [0, 0.05) is 13.2 Å². The minimum Gasteiger partial charge on any atom is -0.379 e. The smallest absolute Gasteiger partial charge is 0.104 e. The Morgan fingerprint density at radius 1 is 0.714 bits per heavy atom. The first-order valence-electron chi connectivity index (χ1n) is 8.75. The monoisotopic (exact) mass is 302 g/mol. The van der Waals surface area contributed by atoms with Crippen molar-refractivity contribution in [3.8, 4) is 0 Å².